The molecular weight excluding hydrogens is 298 g/mol. The van der Waals surface area contributed by atoms with Crippen LogP contribution in [0.3, 0.4) is 0 Å². The number of hydrogen-bond acceptors (Lipinski definition) is 2. The maximum Gasteiger partial charge on any atom is 0.252 e. The second kappa shape index (κ2) is 5.11. The van der Waals surface area contributed by atoms with Gasteiger partial charge in [-0.25, -0.2) is 0 Å². The molecule has 1 aromatic heterocycles. The zero-order valence-corrected chi connectivity index (χ0v) is 12.7. The third-order valence-corrected chi connectivity index (χ3v) is 5.15. The van der Waals surface area contributed by atoms with Crippen LogP contribution in [0.15, 0.2) is 15.2 Å². The third-order valence-electron chi connectivity index (χ3n) is 3.64. The summed E-state index contributed by atoms with van der Waals surface area (Å²) in [6, 6.07) is 2.19. The van der Waals surface area contributed by atoms with Gasteiger partial charge in [-0.05, 0) is 40.3 Å². The summed E-state index contributed by atoms with van der Waals surface area (Å²) in [5.41, 5.74) is 0.990. The minimum absolute atomic E-state index is 0.0620. The normalized spacial score (nSPS) is 23.4. The number of carbonyl (C=O) groups excluding carboxylic acids is 1. The second-order valence-electron chi connectivity index (χ2n) is 5.40. The highest BCUT2D eigenvalue weighted by atomic mass is 79.9. The van der Waals surface area contributed by atoms with Gasteiger partial charge in [0, 0.05) is 11.4 Å². The molecule has 0 spiro atoms. The first-order valence-corrected chi connectivity index (χ1v) is 7.71. The van der Waals surface area contributed by atoms with E-state index >= 15 is 0 Å². The number of halogens is 1. The van der Waals surface area contributed by atoms with Crippen LogP contribution in [0.2, 0.25) is 0 Å². The van der Waals surface area contributed by atoms with Gasteiger partial charge >= 0.3 is 0 Å². The fourth-order valence-electron chi connectivity index (χ4n) is 2.43. The molecule has 0 saturated heterocycles. The Morgan fingerprint density at radius 1 is 1.53 bits per heavy atom. The van der Waals surface area contributed by atoms with Crippen LogP contribution in [0.4, 0.5) is 0 Å². The lowest BCUT2D eigenvalue weighted by molar-refractivity contribution is 0.0854. The van der Waals surface area contributed by atoms with Crippen molar-refractivity contribution in [3.8, 4) is 0 Å². The Bertz CT molecular complexity index is 413. The molecule has 17 heavy (non-hydrogen) atoms. The fraction of sp³-hybridized carbons (Fsp3) is 0.615. The summed E-state index contributed by atoms with van der Waals surface area (Å²) in [5.74, 6) is 0.0620. The molecule has 1 aromatic rings. The molecule has 1 atom stereocenters. The van der Waals surface area contributed by atoms with Gasteiger partial charge in [-0.2, -0.15) is 0 Å². The van der Waals surface area contributed by atoms with Crippen molar-refractivity contribution in [3.05, 3.63) is 20.8 Å². The largest absolute Gasteiger partial charge is 0.349 e. The lowest BCUT2D eigenvalue weighted by atomic mass is 9.73. The van der Waals surface area contributed by atoms with E-state index in [4.69, 9.17) is 0 Å². The van der Waals surface area contributed by atoms with Crippen LogP contribution in [0, 0.1) is 5.41 Å². The predicted molar refractivity (Wildman–Crippen MR) is 75.5 cm³/mol. The highest BCUT2D eigenvalue weighted by Gasteiger charge is 2.33. The maximum atomic E-state index is 12.1. The Balaban J connectivity index is 2.03. The van der Waals surface area contributed by atoms with Crippen molar-refractivity contribution in [1.82, 2.24) is 5.32 Å². The molecule has 94 valence electrons. The summed E-state index contributed by atoms with van der Waals surface area (Å²) >= 11 is 4.94. The SMILES string of the molecule is CC1(C)CCCCC1NC(=O)c1csc(Br)c1. The smallest absolute Gasteiger partial charge is 0.252 e. The number of rotatable bonds is 2. The molecule has 1 heterocycles. The Hall–Kier alpha value is -0.350. The number of nitrogens with one attached hydrogen (secondary N) is 1. The average Bonchev–Trinajstić information content (AvgIpc) is 2.68. The van der Waals surface area contributed by atoms with Crippen molar-refractivity contribution in [3.63, 3.8) is 0 Å². The lowest BCUT2D eigenvalue weighted by Crippen LogP contribution is -2.46. The van der Waals surface area contributed by atoms with E-state index in [-0.39, 0.29) is 11.3 Å². The minimum atomic E-state index is 0.0620. The summed E-state index contributed by atoms with van der Waals surface area (Å²) in [5, 5.41) is 5.08. The van der Waals surface area contributed by atoms with E-state index in [0.717, 1.165) is 15.8 Å². The van der Waals surface area contributed by atoms with Crippen LogP contribution in [0.5, 0.6) is 0 Å². The fourth-order valence-corrected chi connectivity index (χ4v) is 3.57. The van der Waals surface area contributed by atoms with Gasteiger partial charge in [0.15, 0.2) is 0 Å². The Morgan fingerprint density at radius 2 is 2.29 bits per heavy atom. The van der Waals surface area contributed by atoms with Gasteiger partial charge in [-0.15, -0.1) is 11.3 Å². The molecule has 1 aliphatic rings. The van der Waals surface area contributed by atoms with Gasteiger partial charge in [-0.1, -0.05) is 26.7 Å². The summed E-state index contributed by atoms with van der Waals surface area (Å²) in [4.78, 5) is 12.1. The highest BCUT2D eigenvalue weighted by Crippen LogP contribution is 2.35. The van der Waals surface area contributed by atoms with Gasteiger partial charge in [0.2, 0.25) is 0 Å². The summed E-state index contributed by atoms with van der Waals surface area (Å²) in [6.45, 7) is 4.50. The molecule has 1 fully saturated rings. The Kier molecular flexibility index (Phi) is 3.93. The van der Waals surface area contributed by atoms with Crippen molar-refractivity contribution in [2.45, 2.75) is 45.6 Å². The molecular formula is C13H18BrNOS. The maximum absolute atomic E-state index is 12.1. The summed E-state index contributed by atoms with van der Waals surface area (Å²) in [7, 11) is 0. The second-order valence-corrected chi connectivity index (χ2v) is 7.69. The van der Waals surface area contributed by atoms with Gasteiger partial charge in [0.05, 0.1) is 9.35 Å². The van der Waals surface area contributed by atoms with Crippen molar-refractivity contribution in [2.75, 3.05) is 0 Å². The van der Waals surface area contributed by atoms with Crippen molar-refractivity contribution in [2.24, 2.45) is 5.41 Å². The third kappa shape index (κ3) is 3.10. The van der Waals surface area contributed by atoms with Crippen molar-refractivity contribution < 1.29 is 4.79 Å². The van der Waals surface area contributed by atoms with Crippen LogP contribution in [0.25, 0.3) is 0 Å². The number of amides is 1. The molecule has 1 unspecified atom stereocenters. The van der Waals surface area contributed by atoms with Gasteiger partial charge < -0.3 is 5.32 Å². The van der Waals surface area contributed by atoms with Crippen molar-refractivity contribution >= 4 is 33.2 Å². The summed E-state index contributed by atoms with van der Waals surface area (Å²) < 4.78 is 1.01. The molecule has 0 aromatic carbocycles. The number of hydrogen-bond donors (Lipinski definition) is 1. The van der Waals surface area contributed by atoms with Gasteiger partial charge in [0.1, 0.15) is 0 Å². The quantitative estimate of drug-likeness (QED) is 0.870. The minimum Gasteiger partial charge on any atom is -0.349 e. The van der Waals surface area contributed by atoms with Crippen LogP contribution >= 0.6 is 27.3 Å². The van der Waals surface area contributed by atoms with E-state index in [1.165, 1.54) is 19.3 Å². The molecule has 0 radical (unpaired) electrons. The summed E-state index contributed by atoms with van der Waals surface area (Å²) in [6.07, 6.45) is 4.81. The monoisotopic (exact) mass is 315 g/mol. The Labute approximate surface area is 115 Å². The first kappa shape index (κ1) is 13.1. The van der Waals surface area contributed by atoms with E-state index in [2.05, 4.69) is 35.1 Å². The predicted octanol–water partition coefficient (Wildman–Crippen LogP) is 4.21. The van der Waals surface area contributed by atoms with Crippen molar-refractivity contribution in [1.29, 1.82) is 0 Å². The Morgan fingerprint density at radius 3 is 2.88 bits per heavy atom. The van der Waals surface area contributed by atoms with E-state index in [9.17, 15) is 4.79 Å². The first-order chi connectivity index (χ1) is 7.99. The number of thiophene rings is 1. The van der Waals surface area contributed by atoms with E-state index < -0.39 is 0 Å². The van der Waals surface area contributed by atoms with E-state index in [0.29, 0.717) is 6.04 Å². The molecule has 1 aliphatic carbocycles. The van der Waals surface area contributed by atoms with Crippen LogP contribution < -0.4 is 5.32 Å². The van der Waals surface area contributed by atoms with Gasteiger partial charge in [0.25, 0.3) is 5.91 Å². The molecule has 1 amide bonds. The molecule has 0 bridgehead atoms. The molecule has 1 N–H and O–H groups in total. The molecule has 4 heteroatoms. The lowest BCUT2D eigenvalue weighted by Gasteiger charge is -2.39. The first-order valence-electron chi connectivity index (χ1n) is 6.04. The van der Waals surface area contributed by atoms with Crippen LogP contribution in [-0.2, 0) is 0 Å². The van der Waals surface area contributed by atoms with E-state index in [1.807, 2.05) is 11.4 Å². The average molecular weight is 316 g/mol. The standard InChI is InChI=1S/C13H18BrNOS/c1-13(2)6-4-3-5-10(13)15-12(16)9-7-11(14)17-8-9/h7-8,10H,3-6H2,1-2H3,(H,15,16). The van der Waals surface area contributed by atoms with Gasteiger partial charge in [-0.3, -0.25) is 4.79 Å². The number of carbonyl (C=O) groups is 1. The molecule has 1 saturated carbocycles. The molecule has 2 nitrogen and oxygen atoms in total. The zero-order valence-electron chi connectivity index (χ0n) is 10.3. The molecule has 0 aliphatic heterocycles. The topological polar surface area (TPSA) is 29.1 Å². The highest BCUT2D eigenvalue weighted by molar-refractivity contribution is 9.11. The van der Waals surface area contributed by atoms with Crippen LogP contribution in [-0.4, -0.2) is 11.9 Å². The van der Waals surface area contributed by atoms with Crippen LogP contribution in [0.1, 0.15) is 49.9 Å². The van der Waals surface area contributed by atoms with E-state index in [1.54, 1.807) is 11.3 Å². The zero-order chi connectivity index (χ0) is 12.5. The molecule has 2 rings (SSSR count).